The van der Waals surface area contributed by atoms with Crippen LogP contribution in [-0.4, -0.2) is 33.0 Å². The SMILES string of the molecule is CC(C)CC(C)(CN)NC(=O)c1cccc(S(=O)(=O)NCC2CC2)c1. The number of sulfonamides is 1. The lowest BCUT2D eigenvalue weighted by Crippen LogP contribution is -2.52. The average molecular weight is 368 g/mol. The first-order valence-electron chi connectivity index (χ1n) is 8.77. The van der Waals surface area contributed by atoms with Crippen LogP contribution in [0.25, 0.3) is 0 Å². The quantitative estimate of drug-likeness (QED) is 0.620. The van der Waals surface area contributed by atoms with Gasteiger partial charge in [-0.15, -0.1) is 0 Å². The largest absolute Gasteiger partial charge is 0.346 e. The molecule has 0 heterocycles. The molecule has 2 rings (SSSR count). The van der Waals surface area contributed by atoms with E-state index in [1.165, 1.54) is 12.1 Å². The van der Waals surface area contributed by atoms with Crippen LogP contribution in [0.15, 0.2) is 29.2 Å². The van der Waals surface area contributed by atoms with Crippen LogP contribution in [0.3, 0.4) is 0 Å². The van der Waals surface area contributed by atoms with E-state index in [0.717, 1.165) is 19.3 Å². The van der Waals surface area contributed by atoms with Gasteiger partial charge in [0, 0.05) is 24.2 Å². The molecule has 1 saturated carbocycles. The predicted molar refractivity (Wildman–Crippen MR) is 98.7 cm³/mol. The molecule has 0 saturated heterocycles. The smallest absolute Gasteiger partial charge is 0.251 e. The third-order valence-electron chi connectivity index (χ3n) is 4.39. The molecule has 7 heteroatoms. The van der Waals surface area contributed by atoms with Gasteiger partial charge in [0.2, 0.25) is 10.0 Å². The van der Waals surface area contributed by atoms with Crippen molar-refractivity contribution in [1.29, 1.82) is 0 Å². The number of hydrogen-bond acceptors (Lipinski definition) is 4. The highest BCUT2D eigenvalue weighted by Crippen LogP contribution is 2.28. The molecule has 25 heavy (non-hydrogen) atoms. The van der Waals surface area contributed by atoms with E-state index in [9.17, 15) is 13.2 Å². The molecule has 0 aliphatic heterocycles. The van der Waals surface area contributed by atoms with E-state index in [-0.39, 0.29) is 10.8 Å². The van der Waals surface area contributed by atoms with E-state index in [0.29, 0.717) is 30.5 Å². The summed E-state index contributed by atoms with van der Waals surface area (Å²) < 4.78 is 27.3. The van der Waals surface area contributed by atoms with E-state index in [1.54, 1.807) is 12.1 Å². The molecular formula is C18H29N3O3S. The zero-order valence-corrected chi connectivity index (χ0v) is 16.0. The first-order valence-corrected chi connectivity index (χ1v) is 10.3. The van der Waals surface area contributed by atoms with Gasteiger partial charge in [-0.05, 0) is 56.2 Å². The first kappa shape index (κ1) is 19.9. The lowest BCUT2D eigenvalue weighted by atomic mass is 9.90. The Morgan fingerprint density at radius 3 is 2.60 bits per heavy atom. The predicted octanol–water partition coefficient (Wildman–Crippen LogP) is 1.87. The highest BCUT2D eigenvalue weighted by atomic mass is 32.2. The zero-order valence-electron chi connectivity index (χ0n) is 15.2. The third-order valence-corrected chi connectivity index (χ3v) is 5.81. The van der Waals surface area contributed by atoms with E-state index in [2.05, 4.69) is 23.9 Å². The van der Waals surface area contributed by atoms with Crippen LogP contribution in [0.2, 0.25) is 0 Å². The minimum atomic E-state index is -3.59. The topological polar surface area (TPSA) is 101 Å². The summed E-state index contributed by atoms with van der Waals surface area (Å²) >= 11 is 0. The normalized spacial score (nSPS) is 17.3. The van der Waals surface area contributed by atoms with Gasteiger partial charge in [0.05, 0.1) is 4.90 Å². The molecule has 1 aliphatic rings. The third kappa shape index (κ3) is 5.80. The Kier molecular flexibility index (Phi) is 6.24. The lowest BCUT2D eigenvalue weighted by molar-refractivity contribution is 0.0898. The van der Waals surface area contributed by atoms with Gasteiger partial charge in [0.15, 0.2) is 0 Å². The number of benzene rings is 1. The van der Waals surface area contributed by atoms with Gasteiger partial charge in [0.1, 0.15) is 0 Å². The van der Waals surface area contributed by atoms with Crippen molar-refractivity contribution in [1.82, 2.24) is 10.0 Å². The molecule has 140 valence electrons. The molecule has 1 aliphatic carbocycles. The minimum Gasteiger partial charge on any atom is -0.346 e. The van der Waals surface area contributed by atoms with Gasteiger partial charge >= 0.3 is 0 Å². The Balaban J connectivity index is 2.12. The molecule has 4 N–H and O–H groups in total. The Morgan fingerprint density at radius 2 is 2.04 bits per heavy atom. The van der Waals surface area contributed by atoms with Crippen molar-refractivity contribution in [2.45, 2.75) is 50.5 Å². The van der Waals surface area contributed by atoms with Crippen molar-refractivity contribution in [3.63, 3.8) is 0 Å². The van der Waals surface area contributed by atoms with Crippen LogP contribution in [0, 0.1) is 11.8 Å². The molecule has 0 bridgehead atoms. The molecule has 1 unspecified atom stereocenters. The van der Waals surface area contributed by atoms with Crippen LogP contribution in [0.4, 0.5) is 0 Å². The fourth-order valence-electron chi connectivity index (χ4n) is 2.87. The number of carbonyl (C=O) groups excluding carboxylic acids is 1. The second-order valence-electron chi connectivity index (χ2n) is 7.64. The van der Waals surface area contributed by atoms with Crippen LogP contribution < -0.4 is 15.8 Å². The molecule has 1 atom stereocenters. The number of carbonyl (C=O) groups is 1. The summed E-state index contributed by atoms with van der Waals surface area (Å²) in [5.74, 6) is 0.516. The summed E-state index contributed by atoms with van der Waals surface area (Å²) in [5.41, 5.74) is 5.63. The Bertz CT molecular complexity index is 714. The van der Waals surface area contributed by atoms with Gasteiger partial charge in [0.25, 0.3) is 5.91 Å². The van der Waals surface area contributed by atoms with E-state index in [1.807, 2.05) is 6.92 Å². The molecule has 0 aromatic heterocycles. The van der Waals surface area contributed by atoms with Crippen LogP contribution >= 0.6 is 0 Å². The van der Waals surface area contributed by atoms with Crippen molar-refractivity contribution < 1.29 is 13.2 Å². The van der Waals surface area contributed by atoms with Crippen molar-refractivity contribution in [2.24, 2.45) is 17.6 Å². The molecule has 1 aromatic rings. The number of rotatable bonds is 9. The maximum absolute atomic E-state index is 12.6. The number of nitrogens with one attached hydrogen (secondary N) is 2. The highest BCUT2D eigenvalue weighted by Gasteiger charge is 2.27. The number of nitrogens with two attached hydrogens (primary N) is 1. The Morgan fingerprint density at radius 1 is 1.36 bits per heavy atom. The Labute approximate surface area is 150 Å². The number of amides is 1. The molecule has 0 spiro atoms. The second kappa shape index (κ2) is 7.85. The Hall–Kier alpha value is -1.44. The van der Waals surface area contributed by atoms with Crippen molar-refractivity contribution >= 4 is 15.9 Å². The van der Waals surface area contributed by atoms with Gasteiger partial charge in [-0.1, -0.05) is 19.9 Å². The monoisotopic (exact) mass is 367 g/mol. The maximum Gasteiger partial charge on any atom is 0.251 e. The van der Waals surface area contributed by atoms with Crippen molar-refractivity contribution in [2.75, 3.05) is 13.1 Å². The highest BCUT2D eigenvalue weighted by molar-refractivity contribution is 7.89. The van der Waals surface area contributed by atoms with E-state index in [4.69, 9.17) is 5.73 Å². The molecule has 0 radical (unpaired) electrons. The van der Waals surface area contributed by atoms with Gasteiger partial charge in [-0.3, -0.25) is 4.79 Å². The van der Waals surface area contributed by atoms with Gasteiger partial charge in [-0.25, -0.2) is 13.1 Å². The summed E-state index contributed by atoms with van der Waals surface area (Å²) in [6.07, 6.45) is 2.88. The van der Waals surface area contributed by atoms with E-state index < -0.39 is 15.6 Å². The fraction of sp³-hybridized carbons (Fsp3) is 0.611. The molecular weight excluding hydrogens is 338 g/mol. The summed E-state index contributed by atoms with van der Waals surface area (Å²) in [4.78, 5) is 12.7. The first-order chi connectivity index (χ1) is 11.6. The van der Waals surface area contributed by atoms with E-state index >= 15 is 0 Å². The van der Waals surface area contributed by atoms with Crippen LogP contribution in [-0.2, 0) is 10.0 Å². The number of hydrogen-bond donors (Lipinski definition) is 3. The summed E-state index contributed by atoms with van der Waals surface area (Å²) in [5, 5.41) is 2.95. The molecule has 1 amide bonds. The van der Waals surface area contributed by atoms with Crippen molar-refractivity contribution in [3.05, 3.63) is 29.8 Å². The van der Waals surface area contributed by atoms with Crippen molar-refractivity contribution in [3.8, 4) is 0 Å². The summed E-state index contributed by atoms with van der Waals surface area (Å²) in [6, 6.07) is 6.11. The van der Waals surface area contributed by atoms with Gasteiger partial charge < -0.3 is 11.1 Å². The minimum absolute atomic E-state index is 0.110. The average Bonchev–Trinajstić information content (AvgIpc) is 3.37. The van der Waals surface area contributed by atoms with Crippen LogP contribution in [0.5, 0.6) is 0 Å². The summed E-state index contributed by atoms with van der Waals surface area (Å²) in [7, 11) is -3.59. The summed E-state index contributed by atoms with van der Waals surface area (Å²) in [6.45, 7) is 6.82. The fourth-order valence-corrected chi connectivity index (χ4v) is 4.03. The molecule has 1 aromatic carbocycles. The lowest BCUT2D eigenvalue weighted by Gasteiger charge is -2.31. The van der Waals surface area contributed by atoms with Crippen LogP contribution in [0.1, 0.15) is 50.4 Å². The second-order valence-corrected chi connectivity index (χ2v) is 9.41. The maximum atomic E-state index is 12.6. The zero-order chi connectivity index (χ0) is 18.7. The van der Waals surface area contributed by atoms with Gasteiger partial charge in [-0.2, -0.15) is 0 Å². The molecule has 6 nitrogen and oxygen atoms in total. The molecule has 1 fully saturated rings. The standard InChI is InChI=1S/C18H29N3O3S/c1-13(2)10-18(3,12-19)21-17(22)15-5-4-6-16(9-15)25(23,24)20-11-14-7-8-14/h4-6,9,13-14,20H,7-8,10-12,19H2,1-3H3,(H,21,22).